The minimum Gasteiger partial charge on any atom is -0.495 e. The smallest absolute Gasteiger partial charge is 0.229 e. The highest BCUT2D eigenvalue weighted by Gasteiger charge is 2.12. The van der Waals surface area contributed by atoms with Gasteiger partial charge in [-0.2, -0.15) is 4.98 Å². The van der Waals surface area contributed by atoms with Gasteiger partial charge in [0, 0.05) is 30.4 Å². The van der Waals surface area contributed by atoms with Gasteiger partial charge in [0.2, 0.25) is 5.95 Å². The topological polar surface area (TPSA) is 68.3 Å². The summed E-state index contributed by atoms with van der Waals surface area (Å²) in [6.45, 7) is 4.88. The maximum absolute atomic E-state index is 6.12. The van der Waals surface area contributed by atoms with Crippen molar-refractivity contribution in [2.75, 3.05) is 31.4 Å². The van der Waals surface area contributed by atoms with Gasteiger partial charge < -0.3 is 20.1 Å². The van der Waals surface area contributed by atoms with Crippen LogP contribution in [0.2, 0.25) is 5.02 Å². The fourth-order valence-electron chi connectivity index (χ4n) is 2.05. The minimum atomic E-state index is 0.477. The third-order valence-electron chi connectivity index (χ3n) is 3.13. The number of aryl methyl sites for hydroxylation is 1. The molecule has 2 rings (SSSR count). The van der Waals surface area contributed by atoms with Crippen LogP contribution in [0.15, 0.2) is 18.2 Å². The summed E-state index contributed by atoms with van der Waals surface area (Å²) in [5, 5.41) is 6.89. The Morgan fingerprint density at radius 3 is 2.48 bits per heavy atom. The third kappa shape index (κ3) is 4.39. The van der Waals surface area contributed by atoms with Crippen LogP contribution in [-0.4, -0.2) is 30.7 Å². The molecule has 1 heterocycles. The average molecular weight is 337 g/mol. The van der Waals surface area contributed by atoms with Crippen LogP contribution in [0.4, 0.5) is 17.5 Å². The van der Waals surface area contributed by atoms with Gasteiger partial charge in [-0.15, -0.1) is 0 Å². The van der Waals surface area contributed by atoms with E-state index < -0.39 is 0 Å². The van der Waals surface area contributed by atoms with E-state index in [1.807, 2.05) is 13.0 Å². The highest BCUT2D eigenvalue weighted by molar-refractivity contribution is 6.32. The molecule has 0 fully saturated rings. The SMILES string of the molecule is CCCNc1cc(C)nc(Nc2cc(OC)c(Cl)cc2OC)n1. The number of nitrogens with zero attached hydrogens (tertiary/aromatic N) is 2. The van der Waals surface area contributed by atoms with Crippen molar-refractivity contribution in [1.29, 1.82) is 0 Å². The van der Waals surface area contributed by atoms with E-state index in [1.165, 1.54) is 0 Å². The van der Waals surface area contributed by atoms with Gasteiger partial charge >= 0.3 is 0 Å². The molecule has 2 N–H and O–H groups in total. The third-order valence-corrected chi connectivity index (χ3v) is 3.43. The van der Waals surface area contributed by atoms with Gasteiger partial charge in [-0.1, -0.05) is 18.5 Å². The lowest BCUT2D eigenvalue weighted by Crippen LogP contribution is -2.06. The van der Waals surface area contributed by atoms with E-state index in [9.17, 15) is 0 Å². The maximum atomic E-state index is 6.12. The second-order valence-electron chi connectivity index (χ2n) is 4.96. The molecule has 1 aromatic carbocycles. The molecule has 0 radical (unpaired) electrons. The molecule has 2 aromatic rings. The van der Waals surface area contributed by atoms with Crippen molar-refractivity contribution in [2.45, 2.75) is 20.3 Å². The molecule has 0 amide bonds. The van der Waals surface area contributed by atoms with Crippen molar-refractivity contribution in [3.8, 4) is 11.5 Å². The van der Waals surface area contributed by atoms with E-state index >= 15 is 0 Å². The number of halogens is 1. The second kappa shape index (κ2) is 7.87. The van der Waals surface area contributed by atoms with Gasteiger partial charge in [0.25, 0.3) is 0 Å². The summed E-state index contributed by atoms with van der Waals surface area (Å²) < 4.78 is 10.6. The summed E-state index contributed by atoms with van der Waals surface area (Å²) in [7, 11) is 3.14. The first-order chi connectivity index (χ1) is 11.1. The summed E-state index contributed by atoms with van der Waals surface area (Å²) in [6.07, 6.45) is 1.02. The van der Waals surface area contributed by atoms with Gasteiger partial charge in [0.15, 0.2) is 0 Å². The Kier molecular flexibility index (Phi) is 5.87. The zero-order valence-corrected chi connectivity index (χ0v) is 14.5. The second-order valence-corrected chi connectivity index (χ2v) is 5.36. The molecule has 124 valence electrons. The van der Waals surface area contributed by atoms with Crippen molar-refractivity contribution in [2.24, 2.45) is 0 Å². The number of anilines is 3. The molecular weight excluding hydrogens is 316 g/mol. The van der Waals surface area contributed by atoms with Crippen molar-refractivity contribution >= 4 is 29.1 Å². The van der Waals surface area contributed by atoms with Gasteiger partial charge in [-0.05, 0) is 13.3 Å². The highest BCUT2D eigenvalue weighted by atomic mass is 35.5. The minimum absolute atomic E-state index is 0.477. The lowest BCUT2D eigenvalue weighted by atomic mass is 10.2. The van der Waals surface area contributed by atoms with Crippen LogP contribution >= 0.6 is 11.6 Å². The molecule has 6 nitrogen and oxygen atoms in total. The van der Waals surface area contributed by atoms with Gasteiger partial charge in [-0.3, -0.25) is 0 Å². The number of methoxy groups -OCH3 is 2. The molecule has 0 atom stereocenters. The summed E-state index contributed by atoms with van der Waals surface area (Å²) >= 11 is 6.12. The fourth-order valence-corrected chi connectivity index (χ4v) is 2.28. The number of nitrogens with one attached hydrogen (secondary N) is 2. The Bertz CT molecular complexity index is 679. The first kappa shape index (κ1) is 17.1. The molecule has 0 aliphatic carbocycles. The first-order valence-corrected chi connectivity index (χ1v) is 7.73. The fraction of sp³-hybridized carbons (Fsp3) is 0.375. The van der Waals surface area contributed by atoms with Crippen LogP contribution < -0.4 is 20.1 Å². The molecule has 0 unspecified atom stereocenters. The van der Waals surface area contributed by atoms with Crippen molar-refractivity contribution in [3.63, 3.8) is 0 Å². The highest BCUT2D eigenvalue weighted by Crippen LogP contribution is 2.36. The van der Waals surface area contributed by atoms with Gasteiger partial charge in [-0.25, -0.2) is 4.98 Å². The molecule has 0 saturated carbocycles. The number of aromatic nitrogens is 2. The molecule has 23 heavy (non-hydrogen) atoms. The monoisotopic (exact) mass is 336 g/mol. The van der Waals surface area contributed by atoms with Crippen LogP contribution in [0.3, 0.4) is 0 Å². The lowest BCUT2D eigenvalue weighted by molar-refractivity contribution is 0.405. The van der Waals surface area contributed by atoms with Crippen LogP contribution in [0.25, 0.3) is 0 Å². The predicted octanol–water partition coefficient (Wildman–Crippen LogP) is 4.02. The molecule has 0 aliphatic rings. The van der Waals surface area contributed by atoms with Gasteiger partial charge in [0.1, 0.15) is 17.3 Å². The molecule has 0 saturated heterocycles. The normalized spacial score (nSPS) is 10.3. The number of benzene rings is 1. The summed E-state index contributed by atoms with van der Waals surface area (Å²) in [5.74, 6) is 2.39. The number of hydrogen-bond donors (Lipinski definition) is 2. The predicted molar refractivity (Wildman–Crippen MR) is 93.4 cm³/mol. The Hall–Kier alpha value is -2.21. The van der Waals surface area contributed by atoms with E-state index in [0.29, 0.717) is 28.2 Å². The van der Waals surface area contributed by atoms with Crippen LogP contribution in [0.1, 0.15) is 19.0 Å². The largest absolute Gasteiger partial charge is 0.495 e. The van der Waals surface area contributed by atoms with Crippen LogP contribution in [0, 0.1) is 6.92 Å². The molecule has 1 aromatic heterocycles. The molecular formula is C16H21ClN4O2. The van der Waals surface area contributed by atoms with E-state index in [0.717, 1.165) is 24.5 Å². The van der Waals surface area contributed by atoms with Crippen LogP contribution in [-0.2, 0) is 0 Å². The number of hydrogen-bond acceptors (Lipinski definition) is 6. The van der Waals surface area contributed by atoms with E-state index in [2.05, 4.69) is 27.5 Å². The summed E-state index contributed by atoms with van der Waals surface area (Å²) in [5.41, 5.74) is 1.54. The quantitative estimate of drug-likeness (QED) is 0.796. The lowest BCUT2D eigenvalue weighted by Gasteiger charge is -2.14. The Labute approximate surface area is 141 Å². The molecule has 0 aliphatic heterocycles. The van der Waals surface area contributed by atoms with Crippen molar-refractivity contribution in [1.82, 2.24) is 9.97 Å². The van der Waals surface area contributed by atoms with Gasteiger partial charge in [0.05, 0.1) is 24.9 Å². The standard InChI is InChI=1S/C16H21ClN4O2/c1-5-6-18-15-7-10(2)19-16(21-15)20-12-9-13(22-3)11(17)8-14(12)23-4/h7-9H,5-6H2,1-4H3,(H2,18,19,20,21). The zero-order chi connectivity index (χ0) is 16.8. The zero-order valence-electron chi connectivity index (χ0n) is 13.7. The Balaban J connectivity index is 2.32. The number of rotatable bonds is 7. The average Bonchev–Trinajstić information content (AvgIpc) is 2.53. The summed E-state index contributed by atoms with van der Waals surface area (Å²) in [6, 6.07) is 5.35. The first-order valence-electron chi connectivity index (χ1n) is 7.35. The van der Waals surface area contributed by atoms with Crippen molar-refractivity contribution < 1.29 is 9.47 Å². The molecule has 0 bridgehead atoms. The molecule has 0 spiro atoms. The molecule has 7 heteroatoms. The van der Waals surface area contributed by atoms with E-state index in [4.69, 9.17) is 21.1 Å². The van der Waals surface area contributed by atoms with E-state index in [1.54, 1.807) is 26.4 Å². The van der Waals surface area contributed by atoms with E-state index in [-0.39, 0.29) is 0 Å². The maximum Gasteiger partial charge on any atom is 0.229 e. The summed E-state index contributed by atoms with van der Waals surface area (Å²) in [4.78, 5) is 8.86. The Morgan fingerprint density at radius 2 is 1.83 bits per heavy atom. The van der Waals surface area contributed by atoms with Crippen molar-refractivity contribution in [3.05, 3.63) is 28.9 Å². The van der Waals surface area contributed by atoms with Crippen LogP contribution in [0.5, 0.6) is 11.5 Å². The Morgan fingerprint density at radius 1 is 1.09 bits per heavy atom. The number of ether oxygens (including phenoxy) is 2.